The zero-order valence-corrected chi connectivity index (χ0v) is 9.08. The van der Waals surface area contributed by atoms with Crippen LogP contribution < -0.4 is 5.73 Å². The third-order valence-electron chi connectivity index (χ3n) is 1.75. The number of hydrogen-bond acceptors (Lipinski definition) is 4. The predicted molar refractivity (Wildman–Crippen MR) is 56.6 cm³/mol. The molecule has 0 bridgehead atoms. The second kappa shape index (κ2) is 3.42. The molecule has 0 radical (unpaired) electrons. The van der Waals surface area contributed by atoms with Crippen molar-refractivity contribution in [3.63, 3.8) is 0 Å². The first-order valence-corrected chi connectivity index (χ1v) is 4.81. The number of halogens is 1. The van der Waals surface area contributed by atoms with E-state index in [1.54, 1.807) is 6.20 Å². The highest BCUT2D eigenvalue weighted by Crippen LogP contribution is 2.22. The van der Waals surface area contributed by atoms with Gasteiger partial charge in [-0.1, -0.05) is 0 Å². The van der Waals surface area contributed by atoms with E-state index in [1.807, 2.05) is 19.1 Å². The van der Waals surface area contributed by atoms with Crippen molar-refractivity contribution in [3.8, 4) is 11.5 Å². The van der Waals surface area contributed by atoms with E-state index in [2.05, 4.69) is 25.9 Å². The number of nitrogens with two attached hydrogens (primary N) is 1. The minimum atomic E-state index is 0.358. The summed E-state index contributed by atoms with van der Waals surface area (Å²) in [5.74, 6) is 1.87. The smallest absolute Gasteiger partial charge is 0.157 e. The van der Waals surface area contributed by atoms with Crippen molar-refractivity contribution in [1.29, 1.82) is 0 Å². The molecule has 0 aliphatic heterocycles. The molecule has 0 spiro atoms. The average molecular weight is 254 g/mol. The lowest BCUT2D eigenvalue weighted by molar-refractivity contribution is 0.546. The largest absolute Gasteiger partial charge is 0.460 e. The van der Waals surface area contributed by atoms with Crippen molar-refractivity contribution < 1.29 is 4.42 Å². The summed E-state index contributed by atoms with van der Waals surface area (Å²) in [6.07, 6.45) is 1.61. The zero-order chi connectivity index (χ0) is 10.1. The minimum Gasteiger partial charge on any atom is -0.460 e. The topological polar surface area (TPSA) is 64.9 Å². The first-order chi connectivity index (χ1) is 6.66. The molecule has 2 aromatic rings. The number of aromatic nitrogens is 2. The highest BCUT2D eigenvalue weighted by Gasteiger charge is 2.06. The lowest BCUT2D eigenvalue weighted by Gasteiger charge is -1.98. The van der Waals surface area contributed by atoms with E-state index in [-0.39, 0.29) is 0 Å². The summed E-state index contributed by atoms with van der Waals surface area (Å²) < 4.78 is 5.94. The summed E-state index contributed by atoms with van der Waals surface area (Å²) in [7, 11) is 0. The Hall–Kier alpha value is -1.36. The molecule has 0 amide bonds. The van der Waals surface area contributed by atoms with Gasteiger partial charge in [0, 0.05) is 0 Å². The molecule has 2 rings (SSSR count). The molecule has 14 heavy (non-hydrogen) atoms. The Kier molecular flexibility index (Phi) is 2.25. The lowest BCUT2D eigenvalue weighted by atomic mass is 10.3. The maximum absolute atomic E-state index is 5.60. The molecule has 0 aromatic carbocycles. The van der Waals surface area contributed by atoms with Gasteiger partial charge >= 0.3 is 0 Å². The number of nitrogen functional groups attached to an aromatic ring is 1. The maximum atomic E-state index is 5.60. The van der Waals surface area contributed by atoms with Gasteiger partial charge in [0.1, 0.15) is 16.1 Å². The van der Waals surface area contributed by atoms with Crippen LogP contribution in [0.25, 0.3) is 11.5 Å². The van der Waals surface area contributed by atoms with Crippen LogP contribution in [0.1, 0.15) is 5.76 Å². The van der Waals surface area contributed by atoms with Crippen LogP contribution in [0.4, 0.5) is 5.82 Å². The number of anilines is 1. The fourth-order valence-electron chi connectivity index (χ4n) is 1.08. The molecule has 2 aromatic heterocycles. The second-order valence-corrected chi connectivity index (χ2v) is 3.59. The Bertz CT molecular complexity index is 467. The summed E-state index contributed by atoms with van der Waals surface area (Å²) in [6, 6.07) is 3.71. The van der Waals surface area contributed by atoms with Crippen molar-refractivity contribution in [2.45, 2.75) is 6.92 Å². The second-order valence-electron chi connectivity index (χ2n) is 2.84. The summed E-state index contributed by atoms with van der Waals surface area (Å²) in [4.78, 5) is 8.16. The van der Waals surface area contributed by atoms with Gasteiger partial charge in [-0.25, -0.2) is 9.97 Å². The van der Waals surface area contributed by atoms with Gasteiger partial charge in [0.2, 0.25) is 0 Å². The summed E-state index contributed by atoms with van der Waals surface area (Å²) in [5, 5.41) is 0. The van der Waals surface area contributed by atoms with Crippen molar-refractivity contribution in [1.82, 2.24) is 9.97 Å². The van der Waals surface area contributed by atoms with Gasteiger partial charge in [-0.2, -0.15) is 0 Å². The quantitative estimate of drug-likeness (QED) is 0.848. The van der Waals surface area contributed by atoms with E-state index in [9.17, 15) is 0 Å². The van der Waals surface area contributed by atoms with E-state index in [1.165, 1.54) is 0 Å². The normalized spacial score (nSPS) is 10.4. The molecule has 0 aliphatic carbocycles. The minimum absolute atomic E-state index is 0.358. The number of nitrogens with zero attached hydrogens (tertiary/aromatic N) is 2. The molecule has 0 atom stereocenters. The van der Waals surface area contributed by atoms with Crippen LogP contribution in [0.2, 0.25) is 0 Å². The molecule has 0 aliphatic rings. The van der Waals surface area contributed by atoms with Crippen LogP contribution in [0, 0.1) is 6.92 Å². The number of rotatable bonds is 1. The molecule has 0 saturated carbocycles. The van der Waals surface area contributed by atoms with Crippen LogP contribution in [0.15, 0.2) is 27.3 Å². The van der Waals surface area contributed by atoms with E-state index < -0.39 is 0 Å². The summed E-state index contributed by atoms with van der Waals surface area (Å²) >= 11 is 3.18. The first kappa shape index (κ1) is 9.21. The van der Waals surface area contributed by atoms with E-state index in [0.29, 0.717) is 21.9 Å². The third kappa shape index (κ3) is 1.63. The number of hydrogen-bond donors (Lipinski definition) is 1. The maximum Gasteiger partial charge on any atom is 0.157 e. The molecule has 5 heteroatoms. The Morgan fingerprint density at radius 3 is 2.79 bits per heavy atom. The van der Waals surface area contributed by atoms with Gasteiger partial charge in [0.05, 0.1) is 6.20 Å². The van der Waals surface area contributed by atoms with Crippen molar-refractivity contribution in [2.75, 3.05) is 5.73 Å². The molecule has 0 saturated heterocycles. The molecular weight excluding hydrogens is 246 g/mol. The highest BCUT2D eigenvalue weighted by molar-refractivity contribution is 9.10. The van der Waals surface area contributed by atoms with Crippen LogP contribution in [0.3, 0.4) is 0 Å². The average Bonchev–Trinajstić information content (AvgIpc) is 2.57. The van der Waals surface area contributed by atoms with Crippen molar-refractivity contribution in [2.24, 2.45) is 0 Å². The fourth-order valence-corrected chi connectivity index (χ4v) is 1.27. The van der Waals surface area contributed by atoms with E-state index in [0.717, 1.165) is 5.76 Å². The van der Waals surface area contributed by atoms with Gasteiger partial charge in [0.25, 0.3) is 0 Å². The third-order valence-corrected chi connectivity index (χ3v) is 2.36. The number of furan rings is 1. The molecular formula is C9H8BrN3O. The van der Waals surface area contributed by atoms with Gasteiger partial charge in [0.15, 0.2) is 11.6 Å². The van der Waals surface area contributed by atoms with Gasteiger partial charge in [-0.05, 0) is 35.0 Å². The Labute approximate surface area is 89.3 Å². The molecule has 4 nitrogen and oxygen atoms in total. The van der Waals surface area contributed by atoms with Crippen molar-refractivity contribution in [3.05, 3.63) is 28.7 Å². The van der Waals surface area contributed by atoms with Gasteiger partial charge < -0.3 is 10.2 Å². The summed E-state index contributed by atoms with van der Waals surface area (Å²) in [5.41, 5.74) is 6.24. The lowest BCUT2D eigenvalue weighted by Crippen LogP contribution is -1.95. The highest BCUT2D eigenvalue weighted by atomic mass is 79.9. The predicted octanol–water partition coefficient (Wildman–Crippen LogP) is 2.39. The van der Waals surface area contributed by atoms with Crippen LogP contribution in [-0.4, -0.2) is 9.97 Å². The fraction of sp³-hybridized carbons (Fsp3) is 0.111. The Morgan fingerprint density at radius 2 is 2.21 bits per heavy atom. The molecule has 2 heterocycles. The van der Waals surface area contributed by atoms with Gasteiger partial charge in [-0.3, -0.25) is 0 Å². The molecule has 2 N–H and O–H groups in total. The van der Waals surface area contributed by atoms with E-state index >= 15 is 0 Å². The van der Waals surface area contributed by atoms with E-state index in [4.69, 9.17) is 10.2 Å². The molecule has 0 unspecified atom stereocenters. The van der Waals surface area contributed by atoms with Crippen LogP contribution in [-0.2, 0) is 0 Å². The Morgan fingerprint density at radius 1 is 1.43 bits per heavy atom. The zero-order valence-electron chi connectivity index (χ0n) is 7.49. The standard InChI is InChI=1S/C9H8BrN3O/c1-5-2-3-7(14-5)6-4-12-8(10)9(11)13-6/h2-4H,1H3,(H2,11,13). The van der Waals surface area contributed by atoms with Crippen LogP contribution >= 0.6 is 15.9 Å². The van der Waals surface area contributed by atoms with Crippen LogP contribution in [0.5, 0.6) is 0 Å². The Balaban J connectivity index is 2.47. The van der Waals surface area contributed by atoms with Crippen molar-refractivity contribution >= 4 is 21.7 Å². The molecule has 72 valence electrons. The SMILES string of the molecule is Cc1ccc(-c2cnc(Br)c(N)n2)o1. The monoisotopic (exact) mass is 253 g/mol. The number of aryl methyl sites for hydroxylation is 1. The molecule has 0 fully saturated rings. The first-order valence-electron chi connectivity index (χ1n) is 4.01. The summed E-state index contributed by atoms with van der Waals surface area (Å²) in [6.45, 7) is 1.87. The van der Waals surface area contributed by atoms with Gasteiger partial charge in [-0.15, -0.1) is 0 Å².